The van der Waals surface area contributed by atoms with E-state index in [1.807, 2.05) is 0 Å². The number of rotatable bonds is 3. The Balaban J connectivity index is 2.02. The molecule has 2 aliphatic rings. The van der Waals surface area contributed by atoms with Gasteiger partial charge in [0.25, 0.3) is 5.85 Å². The van der Waals surface area contributed by atoms with Gasteiger partial charge in [0.05, 0.1) is 13.2 Å². The Hall–Kier alpha value is -2.54. The van der Waals surface area contributed by atoms with E-state index in [4.69, 9.17) is 9.47 Å². The number of morpholine rings is 1. The summed E-state index contributed by atoms with van der Waals surface area (Å²) in [5.74, 6) is -7.42. The van der Waals surface area contributed by atoms with Crippen molar-refractivity contribution < 1.29 is 27.8 Å². The fourth-order valence-electron chi connectivity index (χ4n) is 3.11. The monoisotopic (exact) mass is 363 g/mol. The van der Waals surface area contributed by atoms with E-state index in [0.29, 0.717) is 5.56 Å². The standard InChI is InChI=1S/C19H19F2NO4/c1-13(23)26-19(21)8-7-15(14-5-3-2-4-6-14)17(20)16(19)18(24)22-9-11-25-12-10-22/h2-8,16H,9-12H2,1H3. The molecule has 1 amide bonds. The zero-order chi connectivity index (χ0) is 18.7. The van der Waals surface area contributed by atoms with Crippen molar-refractivity contribution in [2.75, 3.05) is 26.3 Å². The summed E-state index contributed by atoms with van der Waals surface area (Å²) >= 11 is 0. The van der Waals surface area contributed by atoms with Gasteiger partial charge in [-0.25, -0.2) is 4.39 Å². The largest absolute Gasteiger partial charge is 0.424 e. The molecule has 0 radical (unpaired) electrons. The second-order valence-electron chi connectivity index (χ2n) is 6.12. The van der Waals surface area contributed by atoms with Crippen molar-refractivity contribution in [2.24, 2.45) is 5.92 Å². The zero-order valence-electron chi connectivity index (χ0n) is 14.3. The van der Waals surface area contributed by atoms with Gasteiger partial charge in [-0.15, -0.1) is 0 Å². The highest BCUT2D eigenvalue weighted by Crippen LogP contribution is 2.42. The van der Waals surface area contributed by atoms with Gasteiger partial charge in [-0.1, -0.05) is 30.3 Å². The van der Waals surface area contributed by atoms with Crippen LogP contribution in [0.25, 0.3) is 5.57 Å². The first-order chi connectivity index (χ1) is 12.4. The summed E-state index contributed by atoms with van der Waals surface area (Å²) in [6.07, 6.45) is 2.14. The van der Waals surface area contributed by atoms with Gasteiger partial charge in [-0.3, -0.25) is 9.59 Å². The predicted octanol–water partition coefficient (Wildman–Crippen LogP) is 2.64. The van der Waals surface area contributed by atoms with Crippen molar-refractivity contribution in [1.29, 1.82) is 0 Å². The molecule has 1 fully saturated rings. The molecule has 26 heavy (non-hydrogen) atoms. The number of carbonyl (C=O) groups is 2. The lowest BCUT2D eigenvalue weighted by atomic mass is 9.86. The van der Waals surface area contributed by atoms with Gasteiger partial charge in [0, 0.05) is 25.6 Å². The quantitative estimate of drug-likeness (QED) is 0.775. The Morgan fingerprint density at radius 2 is 1.88 bits per heavy atom. The first-order valence-corrected chi connectivity index (χ1v) is 8.32. The molecule has 1 aliphatic heterocycles. The van der Waals surface area contributed by atoms with E-state index >= 15 is 8.78 Å². The molecular weight excluding hydrogens is 344 g/mol. The van der Waals surface area contributed by atoms with Gasteiger partial charge in [-0.2, -0.15) is 4.39 Å². The highest BCUT2D eigenvalue weighted by atomic mass is 19.2. The van der Waals surface area contributed by atoms with E-state index in [1.165, 1.54) is 11.0 Å². The predicted molar refractivity (Wildman–Crippen MR) is 90.1 cm³/mol. The SMILES string of the molecule is CC(=O)OC1(F)C=CC(c2ccccc2)=C(F)C1C(=O)N1CCOCC1. The van der Waals surface area contributed by atoms with E-state index in [1.54, 1.807) is 30.3 Å². The van der Waals surface area contributed by atoms with Crippen molar-refractivity contribution in [3.63, 3.8) is 0 Å². The molecule has 7 heteroatoms. The third-order valence-corrected chi connectivity index (χ3v) is 4.34. The summed E-state index contributed by atoms with van der Waals surface area (Å²) in [5, 5.41) is 0. The van der Waals surface area contributed by atoms with E-state index in [9.17, 15) is 9.59 Å². The zero-order valence-corrected chi connectivity index (χ0v) is 14.3. The first-order valence-electron chi connectivity index (χ1n) is 8.32. The summed E-state index contributed by atoms with van der Waals surface area (Å²) in [7, 11) is 0. The van der Waals surface area contributed by atoms with E-state index < -0.39 is 29.5 Å². The molecule has 1 aromatic rings. The number of hydrogen-bond donors (Lipinski definition) is 0. The molecule has 1 aliphatic carbocycles. The molecule has 0 bridgehead atoms. The van der Waals surface area contributed by atoms with Crippen LogP contribution in [-0.2, 0) is 19.1 Å². The van der Waals surface area contributed by atoms with Crippen molar-refractivity contribution in [2.45, 2.75) is 12.8 Å². The fourth-order valence-corrected chi connectivity index (χ4v) is 3.11. The van der Waals surface area contributed by atoms with Crippen LogP contribution in [-0.4, -0.2) is 48.9 Å². The molecule has 0 spiro atoms. The molecule has 138 valence electrons. The van der Waals surface area contributed by atoms with Gasteiger partial charge < -0.3 is 14.4 Å². The van der Waals surface area contributed by atoms with Crippen LogP contribution in [0.2, 0.25) is 0 Å². The van der Waals surface area contributed by atoms with E-state index in [0.717, 1.165) is 13.0 Å². The summed E-state index contributed by atoms with van der Waals surface area (Å²) in [4.78, 5) is 25.5. The number of amides is 1. The van der Waals surface area contributed by atoms with Gasteiger partial charge in [-0.05, 0) is 17.7 Å². The number of alkyl halides is 1. The topological polar surface area (TPSA) is 55.8 Å². The highest BCUT2D eigenvalue weighted by molar-refractivity contribution is 5.89. The molecule has 1 aromatic carbocycles. The van der Waals surface area contributed by atoms with Crippen LogP contribution in [0, 0.1) is 5.92 Å². The van der Waals surface area contributed by atoms with Crippen LogP contribution in [0.1, 0.15) is 12.5 Å². The molecule has 1 heterocycles. The Morgan fingerprint density at radius 1 is 1.23 bits per heavy atom. The van der Waals surface area contributed by atoms with E-state index in [-0.39, 0.29) is 31.9 Å². The first kappa shape index (κ1) is 18.3. The summed E-state index contributed by atoms with van der Waals surface area (Å²) < 4.78 is 40.5. The Bertz CT molecular complexity index is 756. The number of halogens is 2. The molecule has 1 saturated heterocycles. The number of benzene rings is 1. The molecule has 2 atom stereocenters. The summed E-state index contributed by atoms with van der Waals surface area (Å²) in [5.41, 5.74) is 0.600. The maximum Gasteiger partial charge on any atom is 0.305 e. The normalized spacial score (nSPS) is 26.0. The van der Waals surface area contributed by atoms with E-state index in [2.05, 4.69) is 0 Å². The summed E-state index contributed by atoms with van der Waals surface area (Å²) in [6, 6.07) is 8.51. The molecule has 3 rings (SSSR count). The van der Waals surface area contributed by atoms with Gasteiger partial charge in [0.15, 0.2) is 5.92 Å². The number of esters is 1. The molecule has 0 aromatic heterocycles. The fraction of sp³-hybridized carbons (Fsp3) is 0.368. The average molecular weight is 363 g/mol. The minimum Gasteiger partial charge on any atom is -0.424 e. The molecular formula is C19H19F2NO4. The van der Waals surface area contributed by atoms with Crippen LogP contribution in [0.15, 0.2) is 48.3 Å². The minimum atomic E-state index is -2.87. The van der Waals surface area contributed by atoms with Crippen molar-refractivity contribution >= 4 is 17.4 Å². The molecule has 5 nitrogen and oxygen atoms in total. The van der Waals surface area contributed by atoms with Gasteiger partial charge >= 0.3 is 5.97 Å². The van der Waals surface area contributed by atoms with Crippen molar-refractivity contribution in [1.82, 2.24) is 4.90 Å². The average Bonchev–Trinajstić information content (AvgIpc) is 2.62. The Kier molecular flexibility index (Phi) is 5.18. The second-order valence-corrected chi connectivity index (χ2v) is 6.12. The number of carbonyl (C=O) groups excluding carboxylic acids is 2. The minimum absolute atomic E-state index is 0.0950. The Morgan fingerprint density at radius 3 is 2.50 bits per heavy atom. The number of nitrogens with zero attached hydrogens (tertiary/aromatic N) is 1. The van der Waals surface area contributed by atoms with Gasteiger partial charge in [0.2, 0.25) is 5.91 Å². The smallest absolute Gasteiger partial charge is 0.305 e. The Labute approximate surface area is 149 Å². The van der Waals surface area contributed by atoms with Crippen LogP contribution < -0.4 is 0 Å². The lowest BCUT2D eigenvalue weighted by Crippen LogP contribution is -2.51. The van der Waals surface area contributed by atoms with Crippen LogP contribution in [0.4, 0.5) is 8.78 Å². The highest BCUT2D eigenvalue weighted by Gasteiger charge is 2.52. The van der Waals surface area contributed by atoms with Gasteiger partial charge in [0.1, 0.15) is 5.83 Å². The van der Waals surface area contributed by atoms with Crippen LogP contribution in [0.5, 0.6) is 0 Å². The third-order valence-electron chi connectivity index (χ3n) is 4.34. The van der Waals surface area contributed by atoms with Crippen molar-refractivity contribution in [3.05, 3.63) is 53.9 Å². The number of allylic oxidation sites excluding steroid dienone is 2. The lowest BCUT2D eigenvalue weighted by Gasteiger charge is -2.36. The second kappa shape index (κ2) is 7.37. The maximum absolute atomic E-state index is 15.3. The van der Waals surface area contributed by atoms with Crippen LogP contribution >= 0.6 is 0 Å². The summed E-state index contributed by atoms with van der Waals surface area (Å²) in [6.45, 7) is 2.04. The molecule has 2 unspecified atom stereocenters. The lowest BCUT2D eigenvalue weighted by molar-refractivity contribution is -0.184. The third kappa shape index (κ3) is 3.53. The van der Waals surface area contributed by atoms with Crippen molar-refractivity contribution in [3.8, 4) is 0 Å². The number of hydrogen-bond acceptors (Lipinski definition) is 4. The number of ether oxygens (including phenoxy) is 2. The van der Waals surface area contributed by atoms with Crippen LogP contribution in [0.3, 0.4) is 0 Å². The molecule has 0 saturated carbocycles. The molecule has 0 N–H and O–H groups in total. The maximum atomic E-state index is 15.3.